The predicted octanol–water partition coefficient (Wildman–Crippen LogP) is 3.18. The fourth-order valence-electron chi connectivity index (χ4n) is 2.79. The molecule has 0 fully saturated rings. The van der Waals surface area contributed by atoms with Crippen molar-refractivity contribution in [1.29, 1.82) is 0 Å². The number of aryl methyl sites for hydroxylation is 1. The van der Waals surface area contributed by atoms with Gasteiger partial charge in [-0.05, 0) is 25.1 Å². The van der Waals surface area contributed by atoms with Gasteiger partial charge in [-0.2, -0.15) is 5.10 Å². The molecular formula is C17H13N3O. The second kappa shape index (κ2) is 4.31. The van der Waals surface area contributed by atoms with E-state index in [1.807, 2.05) is 66.2 Å². The van der Waals surface area contributed by atoms with Crippen molar-refractivity contribution < 1.29 is 0 Å². The molecule has 0 saturated heterocycles. The third-order valence-electron chi connectivity index (χ3n) is 3.72. The van der Waals surface area contributed by atoms with Crippen LogP contribution < -0.4 is 5.56 Å². The molecule has 4 nitrogen and oxygen atoms in total. The van der Waals surface area contributed by atoms with Crippen molar-refractivity contribution in [2.75, 3.05) is 0 Å². The van der Waals surface area contributed by atoms with Gasteiger partial charge in [0.2, 0.25) is 0 Å². The molecule has 0 spiro atoms. The topological polar surface area (TPSA) is 50.7 Å². The Morgan fingerprint density at radius 2 is 1.71 bits per heavy atom. The van der Waals surface area contributed by atoms with E-state index in [1.165, 1.54) is 0 Å². The van der Waals surface area contributed by atoms with E-state index in [-0.39, 0.29) is 5.56 Å². The van der Waals surface area contributed by atoms with E-state index in [2.05, 4.69) is 10.1 Å². The number of hydrogen-bond acceptors (Lipinski definition) is 2. The molecule has 0 aliphatic rings. The second-order valence-electron chi connectivity index (χ2n) is 5.06. The van der Waals surface area contributed by atoms with Crippen LogP contribution in [0.25, 0.3) is 27.5 Å². The van der Waals surface area contributed by atoms with E-state index < -0.39 is 0 Å². The number of aromatic nitrogens is 3. The molecule has 4 aromatic rings. The van der Waals surface area contributed by atoms with Crippen molar-refractivity contribution in [3.8, 4) is 5.69 Å². The molecule has 0 saturated carbocycles. The molecule has 2 heterocycles. The maximum Gasteiger partial charge on any atom is 0.259 e. The molecule has 0 amide bonds. The first-order valence-corrected chi connectivity index (χ1v) is 6.81. The lowest BCUT2D eigenvalue weighted by Crippen LogP contribution is -2.07. The Morgan fingerprint density at radius 3 is 2.52 bits per heavy atom. The van der Waals surface area contributed by atoms with Crippen molar-refractivity contribution in [1.82, 2.24) is 14.8 Å². The number of hydrogen-bond donors (Lipinski definition) is 1. The maximum absolute atomic E-state index is 12.3. The summed E-state index contributed by atoms with van der Waals surface area (Å²) in [6.45, 7) is 1.87. The molecule has 4 heteroatoms. The van der Waals surface area contributed by atoms with E-state index in [0.29, 0.717) is 5.39 Å². The summed E-state index contributed by atoms with van der Waals surface area (Å²) >= 11 is 0. The van der Waals surface area contributed by atoms with Gasteiger partial charge < -0.3 is 4.98 Å². The van der Waals surface area contributed by atoms with Gasteiger partial charge in [0.1, 0.15) is 0 Å². The van der Waals surface area contributed by atoms with Crippen LogP contribution in [-0.4, -0.2) is 14.8 Å². The number of pyridine rings is 1. The van der Waals surface area contributed by atoms with E-state index in [0.717, 1.165) is 27.8 Å². The van der Waals surface area contributed by atoms with Crippen LogP contribution in [0, 0.1) is 6.92 Å². The molecule has 0 unspecified atom stereocenters. The SMILES string of the molecule is Cc1nn(-c2ccccc2)c2c1c(=O)[nH]c1ccccc12. The van der Waals surface area contributed by atoms with E-state index in [4.69, 9.17) is 0 Å². The molecule has 0 aliphatic heterocycles. The van der Waals surface area contributed by atoms with Gasteiger partial charge in [-0.1, -0.05) is 36.4 Å². The Hall–Kier alpha value is -2.88. The van der Waals surface area contributed by atoms with Crippen molar-refractivity contribution in [3.63, 3.8) is 0 Å². The van der Waals surface area contributed by atoms with Crippen LogP contribution in [0.5, 0.6) is 0 Å². The van der Waals surface area contributed by atoms with Crippen LogP contribution >= 0.6 is 0 Å². The normalized spacial score (nSPS) is 11.3. The van der Waals surface area contributed by atoms with Crippen LogP contribution in [0.3, 0.4) is 0 Å². The highest BCUT2D eigenvalue weighted by atomic mass is 16.1. The molecule has 1 N–H and O–H groups in total. The monoisotopic (exact) mass is 275 g/mol. The van der Waals surface area contributed by atoms with Gasteiger partial charge in [-0.25, -0.2) is 4.68 Å². The highest BCUT2D eigenvalue weighted by molar-refractivity contribution is 6.04. The molecule has 4 rings (SSSR count). The molecule has 2 aromatic heterocycles. The van der Waals surface area contributed by atoms with E-state index in [1.54, 1.807) is 0 Å². The fraction of sp³-hybridized carbons (Fsp3) is 0.0588. The summed E-state index contributed by atoms with van der Waals surface area (Å²) in [6, 6.07) is 17.7. The summed E-state index contributed by atoms with van der Waals surface area (Å²) in [7, 11) is 0. The lowest BCUT2D eigenvalue weighted by Gasteiger charge is -2.05. The lowest BCUT2D eigenvalue weighted by atomic mass is 10.1. The number of rotatable bonds is 1. The van der Waals surface area contributed by atoms with E-state index >= 15 is 0 Å². The number of fused-ring (bicyclic) bond motifs is 3. The Bertz CT molecular complexity index is 1010. The predicted molar refractivity (Wildman–Crippen MR) is 83.9 cm³/mol. The smallest absolute Gasteiger partial charge is 0.259 e. The van der Waals surface area contributed by atoms with Gasteiger partial charge in [-0.3, -0.25) is 4.79 Å². The standard InChI is InChI=1S/C17H13N3O/c1-11-15-16(20(19-11)12-7-3-2-4-8-12)13-9-5-6-10-14(13)18-17(15)21/h2-10H,1H3,(H,18,21). The summed E-state index contributed by atoms with van der Waals surface area (Å²) in [5.74, 6) is 0. The molecular weight excluding hydrogens is 262 g/mol. The van der Waals surface area contributed by atoms with Gasteiger partial charge in [-0.15, -0.1) is 0 Å². The summed E-state index contributed by atoms with van der Waals surface area (Å²) in [6.07, 6.45) is 0. The van der Waals surface area contributed by atoms with Crippen molar-refractivity contribution in [2.45, 2.75) is 6.92 Å². The number of aromatic amines is 1. The van der Waals surface area contributed by atoms with Crippen molar-refractivity contribution in [3.05, 3.63) is 70.6 Å². The average Bonchev–Trinajstić information content (AvgIpc) is 2.87. The van der Waals surface area contributed by atoms with Gasteiger partial charge in [0.15, 0.2) is 0 Å². The van der Waals surface area contributed by atoms with Crippen LogP contribution in [-0.2, 0) is 0 Å². The zero-order valence-electron chi connectivity index (χ0n) is 11.5. The highest BCUT2D eigenvalue weighted by Crippen LogP contribution is 2.25. The molecule has 0 atom stereocenters. The van der Waals surface area contributed by atoms with Gasteiger partial charge in [0.05, 0.1) is 27.8 Å². The number of benzene rings is 2. The molecule has 0 bridgehead atoms. The van der Waals surface area contributed by atoms with Crippen molar-refractivity contribution in [2.24, 2.45) is 0 Å². The Labute approximate surface area is 120 Å². The average molecular weight is 275 g/mol. The first kappa shape index (κ1) is 11.9. The van der Waals surface area contributed by atoms with Gasteiger partial charge >= 0.3 is 0 Å². The van der Waals surface area contributed by atoms with Crippen LogP contribution in [0.4, 0.5) is 0 Å². The maximum atomic E-state index is 12.3. The van der Waals surface area contributed by atoms with Crippen LogP contribution in [0.15, 0.2) is 59.4 Å². The summed E-state index contributed by atoms with van der Waals surface area (Å²) < 4.78 is 1.85. The van der Waals surface area contributed by atoms with Gasteiger partial charge in [0.25, 0.3) is 5.56 Å². The highest BCUT2D eigenvalue weighted by Gasteiger charge is 2.15. The first-order chi connectivity index (χ1) is 10.3. The number of nitrogens with one attached hydrogen (secondary N) is 1. The minimum atomic E-state index is -0.0941. The second-order valence-corrected chi connectivity index (χ2v) is 5.06. The quantitative estimate of drug-likeness (QED) is 0.580. The fourth-order valence-corrected chi connectivity index (χ4v) is 2.79. The molecule has 0 aliphatic carbocycles. The molecule has 102 valence electrons. The number of nitrogens with zero attached hydrogens (tertiary/aromatic N) is 2. The van der Waals surface area contributed by atoms with Crippen LogP contribution in [0.1, 0.15) is 5.69 Å². The summed E-state index contributed by atoms with van der Waals surface area (Å²) in [5, 5.41) is 6.21. The Kier molecular flexibility index (Phi) is 2.44. The minimum Gasteiger partial charge on any atom is -0.321 e. The largest absolute Gasteiger partial charge is 0.321 e. The molecule has 2 aromatic carbocycles. The number of para-hydroxylation sites is 2. The summed E-state index contributed by atoms with van der Waals surface area (Å²) in [4.78, 5) is 15.3. The number of H-pyrrole nitrogens is 1. The minimum absolute atomic E-state index is 0.0941. The third-order valence-corrected chi connectivity index (χ3v) is 3.72. The van der Waals surface area contributed by atoms with Crippen LogP contribution in [0.2, 0.25) is 0 Å². The lowest BCUT2D eigenvalue weighted by molar-refractivity contribution is 0.891. The van der Waals surface area contributed by atoms with Gasteiger partial charge in [0, 0.05) is 5.39 Å². The van der Waals surface area contributed by atoms with E-state index in [9.17, 15) is 4.79 Å². The zero-order chi connectivity index (χ0) is 14.4. The summed E-state index contributed by atoms with van der Waals surface area (Å²) in [5.41, 5.74) is 3.28. The zero-order valence-corrected chi connectivity index (χ0v) is 11.5. The molecule has 0 radical (unpaired) electrons. The first-order valence-electron chi connectivity index (χ1n) is 6.81. The third kappa shape index (κ3) is 1.69. The Morgan fingerprint density at radius 1 is 1.00 bits per heavy atom. The molecule has 21 heavy (non-hydrogen) atoms. The van der Waals surface area contributed by atoms with Crippen molar-refractivity contribution >= 4 is 21.8 Å². The Balaban J connectivity index is 2.26.